The summed E-state index contributed by atoms with van der Waals surface area (Å²) in [7, 11) is 0. The number of nitrogens with zero attached hydrogens (tertiary/aromatic N) is 1. The van der Waals surface area contributed by atoms with Gasteiger partial charge in [-0.2, -0.15) is 0 Å². The van der Waals surface area contributed by atoms with Gasteiger partial charge in [0.2, 0.25) is 5.91 Å². The summed E-state index contributed by atoms with van der Waals surface area (Å²) in [4.78, 5) is 36.1. The molecule has 118 valence electrons. The summed E-state index contributed by atoms with van der Waals surface area (Å²) in [5, 5.41) is 20.9. The van der Waals surface area contributed by atoms with Crippen LogP contribution in [0, 0.1) is 0 Å². The van der Waals surface area contributed by atoms with Gasteiger partial charge in [0.05, 0.1) is 0 Å². The molecule has 0 spiro atoms. The lowest BCUT2D eigenvalue weighted by atomic mass is 9.96. The van der Waals surface area contributed by atoms with Crippen molar-refractivity contribution in [2.45, 2.75) is 24.9 Å². The van der Waals surface area contributed by atoms with E-state index in [-0.39, 0.29) is 24.9 Å². The molecule has 1 aliphatic heterocycles. The van der Waals surface area contributed by atoms with E-state index >= 15 is 0 Å². The molecule has 2 amide bonds. The number of carboxylic acids is 1. The van der Waals surface area contributed by atoms with E-state index < -0.39 is 24.5 Å². The molecule has 2 unspecified atom stereocenters. The molecule has 1 aliphatic rings. The van der Waals surface area contributed by atoms with Crippen LogP contribution in [-0.2, 0) is 9.59 Å². The van der Waals surface area contributed by atoms with Gasteiger partial charge in [0.1, 0.15) is 12.6 Å². The van der Waals surface area contributed by atoms with Crippen LogP contribution in [0.3, 0.4) is 0 Å². The summed E-state index contributed by atoms with van der Waals surface area (Å²) in [5.41, 5.74) is 0.503. The zero-order chi connectivity index (χ0) is 16.1. The lowest BCUT2D eigenvalue weighted by molar-refractivity contribution is -0.153. The topological polar surface area (TPSA) is 107 Å². The summed E-state index contributed by atoms with van der Waals surface area (Å²) in [5.74, 6) is -2.02. The Morgan fingerprint density at radius 3 is 2.50 bits per heavy atom. The van der Waals surface area contributed by atoms with E-state index in [1.165, 1.54) is 0 Å². The van der Waals surface area contributed by atoms with Crippen LogP contribution in [0.15, 0.2) is 30.3 Å². The summed E-state index contributed by atoms with van der Waals surface area (Å²) >= 11 is 0. The fourth-order valence-corrected chi connectivity index (χ4v) is 2.58. The quantitative estimate of drug-likeness (QED) is 0.717. The number of carbonyl (C=O) groups excluding carboxylic acids is 2. The second kappa shape index (κ2) is 7.04. The molecule has 1 aromatic rings. The van der Waals surface area contributed by atoms with Crippen molar-refractivity contribution in [1.29, 1.82) is 0 Å². The van der Waals surface area contributed by atoms with Crippen LogP contribution >= 0.6 is 0 Å². The molecule has 22 heavy (non-hydrogen) atoms. The van der Waals surface area contributed by atoms with Gasteiger partial charge in [-0.3, -0.25) is 9.59 Å². The fourth-order valence-electron chi connectivity index (χ4n) is 2.58. The van der Waals surface area contributed by atoms with Gasteiger partial charge < -0.3 is 20.4 Å². The van der Waals surface area contributed by atoms with Crippen LogP contribution in [0.2, 0.25) is 0 Å². The van der Waals surface area contributed by atoms with Gasteiger partial charge in [-0.25, -0.2) is 4.79 Å². The number of nitrogens with one attached hydrogen (secondary N) is 1. The molecule has 0 bridgehead atoms. The van der Waals surface area contributed by atoms with Crippen molar-refractivity contribution in [3.63, 3.8) is 0 Å². The van der Waals surface area contributed by atoms with E-state index in [9.17, 15) is 19.5 Å². The molecule has 0 aromatic heterocycles. The Labute approximate surface area is 127 Å². The molecule has 1 aromatic carbocycles. The Morgan fingerprint density at radius 1 is 1.23 bits per heavy atom. The smallest absolute Gasteiger partial charge is 0.326 e. The summed E-state index contributed by atoms with van der Waals surface area (Å²) in [6, 6.07) is 7.29. The normalized spacial score (nSPS) is 21.2. The van der Waals surface area contributed by atoms with Crippen LogP contribution in [-0.4, -0.2) is 58.1 Å². The number of amides is 2. The van der Waals surface area contributed by atoms with Crippen LogP contribution in [0.1, 0.15) is 23.2 Å². The van der Waals surface area contributed by atoms with Crippen molar-refractivity contribution in [3.8, 4) is 0 Å². The maximum Gasteiger partial charge on any atom is 0.326 e. The van der Waals surface area contributed by atoms with Crippen molar-refractivity contribution in [2.75, 3.05) is 13.2 Å². The minimum Gasteiger partial charge on any atom is -0.480 e. The number of carbonyl (C=O) groups is 3. The molecule has 2 atom stereocenters. The number of likely N-dealkylation sites (tertiary alicyclic amines) is 1. The molecule has 1 heterocycles. The lowest BCUT2D eigenvalue weighted by Gasteiger charge is -2.37. The Morgan fingerprint density at radius 2 is 1.91 bits per heavy atom. The third-order valence-electron chi connectivity index (χ3n) is 3.71. The highest BCUT2D eigenvalue weighted by Crippen LogP contribution is 2.18. The maximum atomic E-state index is 12.1. The Hall–Kier alpha value is -2.41. The van der Waals surface area contributed by atoms with E-state index in [4.69, 9.17) is 5.11 Å². The van der Waals surface area contributed by atoms with Crippen molar-refractivity contribution in [3.05, 3.63) is 35.9 Å². The first-order valence-corrected chi connectivity index (χ1v) is 7.02. The zero-order valence-corrected chi connectivity index (χ0v) is 11.9. The second-order valence-corrected chi connectivity index (χ2v) is 5.16. The molecular weight excluding hydrogens is 288 g/mol. The number of hydrogen-bond donors (Lipinski definition) is 3. The Balaban J connectivity index is 2.02. The van der Waals surface area contributed by atoms with Gasteiger partial charge in [-0.1, -0.05) is 18.2 Å². The average molecular weight is 306 g/mol. The van der Waals surface area contributed by atoms with Crippen LogP contribution in [0.4, 0.5) is 0 Å². The largest absolute Gasteiger partial charge is 0.480 e. The van der Waals surface area contributed by atoms with E-state index in [0.717, 1.165) is 4.90 Å². The summed E-state index contributed by atoms with van der Waals surface area (Å²) in [6.07, 6.45) is 0.577. The average Bonchev–Trinajstić information content (AvgIpc) is 2.54. The van der Waals surface area contributed by atoms with E-state index in [0.29, 0.717) is 12.0 Å². The van der Waals surface area contributed by atoms with Crippen molar-refractivity contribution >= 4 is 17.8 Å². The first-order valence-electron chi connectivity index (χ1n) is 7.02. The van der Waals surface area contributed by atoms with E-state index in [2.05, 4.69) is 5.32 Å². The molecule has 1 saturated heterocycles. The number of carboxylic acid groups (broad SMARTS) is 1. The van der Waals surface area contributed by atoms with Crippen LogP contribution in [0.5, 0.6) is 0 Å². The number of rotatable bonds is 4. The first-order chi connectivity index (χ1) is 10.5. The molecule has 0 aliphatic carbocycles. The van der Waals surface area contributed by atoms with Crippen molar-refractivity contribution in [2.24, 2.45) is 0 Å². The highest BCUT2D eigenvalue weighted by molar-refractivity contribution is 5.94. The van der Waals surface area contributed by atoms with Gasteiger partial charge in [0.25, 0.3) is 5.91 Å². The van der Waals surface area contributed by atoms with Gasteiger partial charge in [0.15, 0.2) is 0 Å². The Kier molecular flexibility index (Phi) is 5.11. The molecule has 1 fully saturated rings. The zero-order valence-electron chi connectivity index (χ0n) is 11.9. The monoisotopic (exact) mass is 306 g/mol. The molecule has 2 rings (SSSR count). The number of aliphatic hydroxyl groups is 1. The summed E-state index contributed by atoms with van der Waals surface area (Å²) in [6.45, 7) is -0.527. The highest BCUT2D eigenvalue weighted by atomic mass is 16.4. The van der Waals surface area contributed by atoms with Gasteiger partial charge in [-0.15, -0.1) is 0 Å². The number of hydrogen-bond acceptors (Lipinski definition) is 4. The maximum absolute atomic E-state index is 12.1. The minimum absolute atomic E-state index is 0.125. The van der Waals surface area contributed by atoms with Crippen molar-refractivity contribution < 1.29 is 24.6 Å². The predicted molar refractivity (Wildman–Crippen MR) is 77.2 cm³/mol. The number of piperidine rings is 1. The minimum atomic E-state index is -1.14. The number of aliphatic carboxylic acids is 1. The fraction of sp³-hybridized carbons (Fsp3) is 0.400. The van der Waals surface area contributed by atoms with Gasteiger partial charge in [0, 0.05) is 18.2 Å². The van der Waals surface area contributed by atoms with Gasteiger partial charge in [-0.05, 0) is 25.0 Å². The number of aliphatic hydroxyl groups excluding tert-OH is 1. The van der Waals surface area contributed by atoms with Crippen molar-refractivity contribution in [1.82, 2.24) is 10.2 Å². The lowest BCUT2D eigenvalue weighted by Crippen LogP contribution is -2.55. The molecule has 0 radical (unpaired) electrons. The van der Waals surface area contributed by atoms with E-state index in [1.54, 1.807) is 30.3 Å². The SMILES string of the molecule is O=C(NC1CCN(C(=O)CO)C(C(=O)O)C1)c1ccccc1. The molecule has 7 nitrogen and oxygen atoms in total. The Bertz CT molecular complexity index is 560. The van der Waals surface area contributed by atoms with Crippen LogP contribution in [0.25, 0.3) is 0 Å². The van der Waals surface area contributed by atoms with Gasteiger partial charge >= 0.3 is 5.97 Å². The molecule has 3 N–H and O–H groups in total. The van der Waals surface area contributed by atoms with Crippen LogP contribution < -0.4 is 5.32 Å². The molecule has 7 heteroatoms. The predicted octanol–water partition coefficient (Wildman–Crippen LogP) is -0.147. The van der Waals surface area contributed by atoms with E-state index in [1.807, 2.05) is 0 Å². The number of benzene rings is 1. The third kappa shape index (κ3) is 3.62. The third-order valence-corrected chi connectivity index (χ3v) is 3.71. The second-order valence-electron chi connectivity index (χ2n) is 5.16. The molecular formula is C15H18N2O5. The highest BCUT2D eigenvalue weighted by Gasteiger charge is 2.36. The molecule has 0 saturated carbocycles. The first kappa shape index (κ1) is 16.0. The summed E-state index contributed by atoms with van der Waals surface area (Å²) < 4.78 is 0. The standard InChI is InChI=1S/C15H18N2O5/c18-9-13(19)17-7-6-11(8-12(17)15(21)22)16-14(20)10-4-2-1-3-5-10/h1-5,11-12,18H,6-9H2,(H,16,20)(H,21,22).